The molecule has 0 rings (SSSR count). The number of hydrogen-bond acceptors (Lipinski definition) is 6. The summed E-state index contributed by atoms with van der Waals surface area (Å²) in [5.41, 5.74) is 0. The highest BCUT2D eigenvalue weighted by Crippen LogP contribution is 2.14. The Labute approximate surface area is 389 Å². The van der Waals surface area contributed by atoms with E-state index in [9.17, 15) is 14.4 Å². The van der Waals surface area contributed by atoms with Crippen molar-refractivity contribution in [3.05, 3.63) is 72.9 Å². The minimum Gasteiger partial charge on any atom is -0.462 e. The number of allylic oxidation sites excluding steroid dienone is 12. The number of esters is 3. The van der Waals surface area contributed by atoms with Gasteiger partial charge in [-0.3, -0.25) is 14.4 Å². The van der Waals surface area contributed by atoms with Gasteiger partial charge in [-0.05, 0) is 89.9 Å². The van der Waals surface area contributed by atoms with Gasteiger partial charge in [0.15, 0.2) is 6.10 Å². The van der Waals surface area contributed by atoms with Crippen molar-refractivity contribution in [2.75, 3.05) is 13.2 Å². The Morgan fingerprint density at radius 1 is 0.333 bits per heavy atom. The summed E-state index contributed by atoms with van der Waals surface area (Å²) in [5.74, 6) is -0.956. The predicted molar refractivity (Wildman–Crippen MR) is 270 cm³/mol. The van der Waals surface area contributed by atoms with Crippen LogP contribution < -0.4 is 0 Å². The van der Waals surface area contributed by atoms with Crippen molar-refractivity contribution in [2.24, 2.45) is 0 Å². The van der Waals surface area contributed by atoms with E-state index in [1.807, 2.05) is 36.5 Å². The van der Waals surface area contributed by atoms with Gasteiger partial charge in [0.25, 0.3) is 0 Å². The smallest absolute Gasteiger partial charge is 0.306 e. The maximum atomic E-state index is 12.8. The lowest BCUT2D eigenvalue weighted by Gasteiger charge is -2.18. The van der Waals surface area contributed by atoms with Gasteiger partial charge in [-0.1, -0.05) is 216 Å². The zero-order chi connectivity index (χ0) is 45.8. The van der Waals surface area contributed by atoms with E-state index >= 15 is 0 Å². The van der Waals surface area contributed by atoms with Gasteiger partial charge in [-0.25, -0.2) is 0 Å². The molecular formula is C57H98O6. The minimum absolute atomic E-state index is 0.0983. The van der Waals surface area contributed by atoms with Crippen LogP contribution in [0.25, 0.3) is 0 Å². The SMILES string of the molecule is CC\C=C/C=C\C=C/C=C\CCCCCC(=O)OC(COC(=O)CCCCC/C=C\CCCCCCCC)COC(=O)CCCCCCCCC/C=C\CCCCCCCCCC. The lowest BCUT2D eigenvalue weighted by Crippen LogP contribution is -2.30. The van der Waals surface area contributed by atoms with Gasteiger partial charge >= 0.3 is 17.9 Å². The van der Waals surface area contributed by atoms with E-state index in [4.69, 9.17) is 14.2 Å². The Morgan fingerprint density at radius 2 is 0.635 bits per heavy atom. The summed E-state index contributed by atoms with van der Waals surface area (Å²) in [6.07, 6.45) is 64.6. The fourth-order valence-electron chi connectivity index (χ4n) is 7.27. The van der Waals surface area contributed by atoms with Gasteiger partial charge in [-0.2, -0.15) is 0 Å². The van der Waals surface area contributed by atoms with E-state index < -0.39 is 6.10 Å². The van der Waals surface area contributed by atoms with Crippen molar-refractivity contribution in [2.45, 2.75) is 258 Å². The monoisotopic (exact) mass is 879 g/mol. The average Bonchev–Trinajstić information content (AvgIpc) is 3.28. The molecule has 63 heavy (non-hydrogen) atoms. The normalized spacial score (nSPS) is 12.6. The topological polar surface area (TPSA) is 78.9 Å². The predicted octanol–water partition coefficient (Wildman–Crippen LogP) is 17.4. The zero-order valence-corrected chi connectivity index (χ0v) is 41.3. The highest BCUT2D eigenvalue weighted by atomic mass is 16.6. The maximum Gasteiger partial charge on any atom is 0.306 e. The van der Waals surface area contributed by atoms with Crippen molar-refractivity contribution in [1.29, 1.82) is 0 Å². The van der Waals surface area contributed by atoms with Crippen LogP contribution in [0.1, 0.15) is 252 Å². The average molecular weight is 879 g/mol. The minimum atomic E-state index is -0.802. The van der Waals surface area contributed by atoms with E-state index in [1.165, 1.54) is 128 Å². The van der Waals surface area contributed by atoms with Crippen LogP contribution in [0, 0.1) is 0 Å². The Morgan fingerprint density at radius 3 is 1.03 bits per heavy atom. The van der Waals surface area contributed by atoms with E-state index in [0.717, 1.165) is 77.0 Å². The first-order chi connectivity index (χ1) is 31.0. The maximum absolute atomic E-state index is 12.8. The highest BCUT2D eigenvalue weighted by Gasteiger charge is 2.19. The molecule has 1 unspecified atom stereocenters. The van der Waals surface area contributed by atoms with Crippen molar-refractivity contribution >= 4 is 17.9 Å². The number of rotatable bonds is 47. The molecule has 1 atom stereocenters. The Balaban J connectivity index is 4.41. The largest absolute Gasteiger partial charge is 0.462 e. The lowest BCUT2D eigenvalue weighted by molar-refractivity contribution is -0.167. The van der Waals surface area contributed by atoms with Crippen LogP contribution in [0.2, 0.25) is 0 Å². The summed E-state index contributed by atoms with van der Waals surface area (Å²) >= 11 is 0. The van der Waals surface area contributed by atoms with Gasteiger partial charge < -0.3 is 14.2 Å². The Hall–Kier alpha value is -3.15. The third-order valence-corrected chi connectivity index (χ3v) is 11.3. The standard InChI is InChI=1S/C57H98O6/c1-4-7-10-13-16-19-22-25-26-27-28-29-30-33-35-38-41-44-47-50-56(59)62-53-54(63-57(60)51-48-45-42-39-36-32-24-21-18-15-12-9-6-3)52-61-55(58)49-46-43-40-37-34-31-23-20-17-14-11-8-5-2/h9,12,15,18,21,24,27-28,31-32,34,36,54H,4-8,10-11,13-14,16-17,19-20,22-23,25-26,29-30,33,35,37-53H2,1-3H3/b12-9-,18-15-,24-21-,28-27-,34-31-,36-32-. The van der Waals surface area contributed by atoms with Gasteiger partial charge in [0.05, 0.1) is 0 Å². The van der Waals surface area contributed by atoms with Crippen LogP contribution in [0.4, 0.5) is 0 Å². The van der Waals surface area contributed by atoms with Gasteiger partial charge in [0.2, 0.25) is 0 Å². The summed E-state index contributed by atoms with van der Waals surface area (Å²) in [7, 11) is 0. The molecular weight excluding hydrogens is 781 g/mol. The summed E-state index contributed by atoms with van der Waals surface area (Å²) in [6.45, 7) is 6.44. The number of hydrogen-bond donors (Lipinski definition) is 0. The molecule has 0 N–H and O–H groups in total. The van der Waals surface area contributed by atoms with E-state index in [-0.39, 0.29) is 37.5 Å². The quantitative estimate of drug-likeness (QED) is 0.0199. The molecule has 6 nitrogen and oxygen atoms in total. The Kier molecular flexibility index (Phi) is 48.9. The molecule has 0 aromatic heterocycles. The van der Waals surface area contributed by atoms with Crippen molar-refractivity contribution in [1.82, 2.24) is 0 Å². The zero-order valence-electron chi connectivity index (χ0n) is 41.3. The molecule has 0 heterocycles. The number of ether oxygens (including phenoxy) is 3. The first-order valence-electron chi connectivity index (χ1n) is 26.5. The number of carbonyl (C=O) groups is 3. The van der Waals surface area contributed by atoms with E-state index in [2.05, 4.69) is 57.2 Å². The summed E-state index contributed by atoms with van der Waals surface area (Å²) in [6, 6.07) is 0. The molecule has 0 spiro atoms. The van der Waals surface area contributed by atoms with Crippen molar-refractivity contribution in [3.8, 4) is 0 Å². The van der Waals surface area contributed by atoms with Crippen LogP contribution in [-0.2, 0) is 28.6 Å². The summed E-state index contributed by atoms with van der Waals surface area (Å²) in [4.78, 5) is 38.0. The van der Waals surface area contributed by atoms with Crippen molar-refractivity contribution in [3.63, 3.8) is 0 Å². The first kappa shape index (κ1) is 59.9. The Bertz CT molecular complexity index is 1190. The van der Waals surface area contributed by atoms with Crippen LogP contribution in [-0.4, -0.2) is 37.2 Å². The first-order valence-corrected chi connectivity index (χ1v) is 26.5. The molecule has 0 aliphatic rings. The van der Waals surface area contributed by atoms with Crippen LogP contribution in [0.15, 0.2) is 72.9 Å². The van der Waals surface area contributed by atoms with Crippen LogP contribution in [0.3, 0.4) is 0 Å². The molecule has 0 aliphatic heterocycles. The second kappa shape index (κ2) is 51.5. The molecule has 0 aliphatic carbocycles. The third-order valence-electron chi connectivity index (χ3n) is 11.3. The van der Waals surface area contributed by atoms with Gasteiger partial charge in [0.1, 0.15) is 13.2 Å². The summed E-state index contributed by atoms with van der Waals surface area (Å²) < 4.78 is 16.7. The molecule has 0 fully saturated rings. The molecule has 0 bridgehead atoms. The second-order valence-corrected chi connectivity index (χ2v) is 17.5. The second-order valence-electron chi connectivity index (χ2n) is 17.5. The summed E-state index contributed by atoms with van der Waals surface area (Å²) in [5, 5.41) is 0. The molecule has 0 saturated carbocycles. The molecule has 0 amide bonds. The van der Waals surface area contributed by atoms with Crippen LogP contribution >= 0.6 is 0 Å². The molecule has 362 valence electrons. The van der Waals surface area contributed by atoms with Gasteiger partial charge in [-0.15, -0.1) is 0 Å². The molecule has 0 aromatic carbocycles. The molecule has 0 saturated heterocycles. The fraction of sp³-hybridized carbons (Fsp3) is 0.737. The van der Waals surface area contributed by atoms with E-state index in [1.54, 1.807) is 0 Å². The van der Waals surface area contributed by atoms with Gasteiger partial charge in [0, 0.05) is 19.3 Å². The molecule has 6 heteroatoms. The molecule has 0 radical (unpaired) electrons. The van der Waals surface area contributed by atoms with Crippen molar-refractivity contribution < 1.29 is 28.6 Å². The van der Waals surface area contributed by atoms with E-state index in [0.29, 0.717) is 19.3 Å². The lowest BCUT2D eigenvalue weighted by atomic mass is 10.1. The number of unbranched alkanes of at least 4 members (excludes halogenated alkanes) is 27. The van der Waals surface area contributed by atoms with Crippen LogP contribution in [0.5, 0.6) is 0 Å². The third kappa shape index (κ3) is 49.7. The highest BCUT2D eigenvalue weighted by molar-refractivity contribution is 5.71. The molecule has 0 aromatic rings. The fourth-order valence-corrected chi connectivity index (χ4v) is 7.27. The number of carbonyl (C=O) groups excluding carboxylic acids is 3.